The van der Waals surface area contributed by atoms with Crippen LogP contribution in [0.15, 0.2) is 12.3 Å². The standard InChI is InChI=1S/C12H17N3O2/c1-8-4-6-15(10(7-8)12(16)17)11-3-5-13-9(2)14-11/h3,5,8,10H,4,6-7H2,1-2H3,(H,16,17). The maximum Gasteiger partial charge on any atom is 0.326 e. The quantitative estimate of drug-likeness (QED) is 0.841. The minimum Gasteiger partial charge on any atom is -0.480 e. The number of aromatic nitrogens is 2. The van der Waals surface area contributed by atoms with Crippen LogP contribution in [0, 0.1) is 12.8 Å². The molecular weight excluding hydrogens is 218 g/mol. The van der Waals surface area contributed by atoms with Crippen LogP contribution in [0.2, 0.25) is 0 Å². The number of hydrogen-bond acceptors (Lipinski definition) is 4. The largest absolute Gasteiger partial charge is 0.480 e. The van der Waals surface area contributed by atoms with Gasteiger partial charge in [0.1, 0.15) is 17.7 Å². The number of aryl methyl sites for hydroxylation is 1. The third-order valence-electron chi connectivity index (χ3n) is 3.21. The van der Waals surface area contributed by atoms with Gasteiger partial charge in [0.2, 0.25) is 0 Å². The first-order valence-electron chi connectivity index (χ1n) is 5.87. The van der Waals surface area contributed by atoms with Crippen molar-refractivity contribution in [1.82, 2.24) is 9.97 Å². The molecule has 0 bridgehead atoms. The number of aliphatic carboxylic acids is 1. The van der Waals surface area contributed by atoms with E-state index in [1.54, 1.807) is 12.3 Å². The molecule has 5 heteroatoms. The summed E-state index contributed by atoms with van der Waals surface area (Å²) in [5.41, 5.74) is 0. The normalized spacial score (nSPS) is 24.7. The van der Waals surface area contributed by atoms with Gasteiger partial charge in [-0.05, 0) is 31.7 Å². The van der Waals surface area contributed by atoms with Crippen LogP contribution in [-0.4, -0.2) is 33.6 Å². The maximum absolute atomic E-state index is 11.3. The molecule has 0 amide bonds. The van der Waals surface area contributed by atoms with E-state index in [1.807, 2.05) is 11.8 Å². The highest BCUT2D eigenvalue weighted by Crippen LogP contribution is 2.26. The van der Waals surface area contributed by atoms with Gasteiger partial charge in [-0.25, -0.2) is 14.8 Å². The van der Waals surface area contributed by atoms with Gasteiger partial charge in [-0.1, -0.05) is 6.92 Å². The van der Waals surface area contributed by atoms with Crippen LogP contribution < -0.4 is 4.90 Å². The first-order chi connectivity index (χ1) is 8.08. The third kappa shape index (κ3) is 2.54. The number of carboxylic acid groups (broad SMARTS) is 1. The molecule has 1 aromatic rings. The molecule has 2 atom stereocenters. The molecule has 1 aliphatic heterocycles. The van der Waals surface area contributed by atoms with Gasteiger partial charge in [-0.2, -0.15) is 0 Å². The molecule has 0 spiro atoms. The van der Waals surface area contributed by atoms with E-state index in [9.17, 15) is 9.90 Å². The smallest absolute Gasteiger partial charge is 0.326 e. The Labute approximate surface area is 100 Å². The first kappa shape index (κ1) is 11.8. The summed E-state index contributed by atoms with van der Waals surface area (Å²) in [6, 6.07) is 1.31. The van der Waals surface area contributed by atoms with Crippen LogP contribution in [0.1, 0.15) is 25.6 Å². The second kappa shape index (κ2) is 4.69. The van der Waals surface area contributed by atoms with Crippen molar-refractivity contribution >= 4 is 11.8 Å². The van der Waals surface area contributed by atoms with E-state index in [4.69, 9.17) is 0 Å². The summed E-state index contributed by atoms with van der Waals surface area (Å²) in [5, 5.41) is 9.27. The van der Waals surface area contributed by atoms with Crippen molar-refractivity contribution in [3.8, 4) is 0 Å². The van der Waals surface area contributed by atoms with Crippen LogP contribution in [-0.2, 0) is 4.79 Å². The molecule has 92 valence electrons. The van der Waals surface area contributed by atoms with Gasteiger partial charge < -0.3 is 10.0 Å². The van der Waals surface area contributed by atoms with Crippen molar-refractivity contribution in [2.24, 2.45) is 5.92 Å². The Morgan fingerprint density at radius 3 is 3.00 bits per heavy atom. The molecule has 1 fully saturated rings. The lowest BCUT2D eigenvalue weighted by Gasteiger charge is -2.36. The van der Waals surface area contributed by atoms with Crippen LogP contribution in [0.4, 0.5) is 5.82 Å². The Bertz CT molecular complexity index is 422. The molecule has 17 heavy (non-hydrogen) atoms. The van der Waals surface area contributed by atoms with E-state index in [2.05, 4.69) is 16.9 Å². The lowest BCUT2D eigenvalue weighted by molar-refractivity contribution is -0.139. The topological polar surface area (TPSA) is 66.3 Å². The number of nitrogens with zero attached hydrogens (tertiary/aromatic N) is 3. The van der Waals surface area contributed by atoms with Gasteiger partial charge in [-0.15, -0.1) is 0 Å². The van der Waals surface area contributed by atoms with Crippen LogP contribution in [0.5, 0.6) is 0 Å². The Balaban J connectivity index is 2.26. The van der Waals surface area contributed by atoms with E-state index in [1.165, 1.54) is 0 Å². The summed E-state index contributed by atoms with van der Waals surface area (Å²) in [5.74, 6) is 1.07. The molecule has 1 saturated heterocycles. The summed E-state index contributed by atoms with van der Waals surface area (Å²) in [4.78, 5) is 21.5. The summed E-state index contributed by atoms with van der Waals surface area (Å²) < 4.78 is 0. The van der Waals surface area contributed by atoms with Crippen molar-refractivity contribution in [1.29, 1.82) is 0 Å². The monoisotopic (exact) mass is 235 g/mol. The minimum absolute atomic E-state index is 0.454. The number of hydrogen-bond donors (Lipinski definition) is 1. The van der Waals surface area contributed by atoms with Crippen molar-refractivity contribution in [2.45, 2.75) is 32.7 Å². The molecule has 0 aliphatic carbocycles. The molecule has 1 N–H and O–H groups in total. The molecule has 2 rings (SSSR count). The number of anilines is 1. The SMILES string of the molecule is Cc1nccc(N2CCC(C)CC2C(=O)O)n1. The first-order valence-corrected chi connectivity index (χ1v) is 5.87. The highest BCUT2D eigenvalue weighted by molar-refractivity contribution is 5.78. The number of carboxylic acids is 1. The van der Waals surface area contributed by atoms with E-state index in [-0.39, 0.29) is 0 Å². The van der Waals surface area contributed by atoms with Crippen molar-refractivity contribution < 1.29 is 9.90 Å². The molecule has 1 aromatic heterocycles. The van der Waals surface area contributed by atoms with E-state index in [0.717, 1.165) is 18.8 Å². The van der Waals surface area contributed by atoms with Crippen molar-refractivity contribution in [2.75, 3.05) is 11.4 Å². The number of rotatable bonds is 2. The zero-order valence-corrected chi connectivity index (χ0v) is 10.1. The van der Waals surface area contributed by atoms with Crippen molar-refractivity contribution in [3.05, 3.63) is 18.1 Å². The lowest BCUT2D eigenvalue weighted by atomic mass is 9.92. The fourth-order valence-corrected chi connectivity index (χ4v) is 2.25. The highest BCUT2D eigenvalue weighted by Gasteiger charge is 2.32. The minimum atomic E-state index is -0.771. The van der Waals surface area contributed by atoms with Gasteiger partial charge >= 0.3 is 5.97 Å². The second-order valence-electron chi connectivity index (χ2n) is 4.64. The van der Waals surface area contributed by atoms with E-state index in [0.29, 0.717) is 18.2 Å². The van der Waals surface area contributed by atoms with Gasteiger partial charge in [0.05, 0.1) is 0 Å². The average Bonchev–Trinajstić information content (AvgIpc) is 2.28. The molecule has 1 aliphatic rings. The summed E-state index contributed by atoms with van der Waals surface area (Å²) in [6.45, 7) is 4.65. The fourth-order valence-electron chi connectivity index (χ4n) is 2.25. The van der Waals surface area contributed by atoms with Crippen LogP contribution in [0.3, 0.4) is 0 Å². The van der Waals surface area contributed by atoms with Gasteiger partial charge in [0, 0.05) is 12.7 Å². The average molecular weight is 235 g/mol. The fraction of sp³-hybridized carbons (Fsp3) is 0.583. The predicted molar refractivity (Wildman–Crippen MR) is 63.9 cm³/mol. The van der Waals surface area contributed by atoms with E-state index < -0.39 is 12.0 Å². The molecule has 0 aromatic carbocycles. The Morgan fingerprint density at radius 1 is 1.59 bits per heavy atom. The number of piperidine rings is 1. The highest BCUT2D eigenvalue weighted by atomic mass is 16.4. The Morgan fingerprint density at radius 2 is 2.35 bits per heavy atom. The van der Waals surface area contributed by atoms with Gasteiger partial charge in [-0.3, -0.25) is 0 Å². The second-order valence-corrected chi connectivity index (χ2v) is 4.64. The summed E-state index contributed by atoms with van der Waals surface area (Å²) in [6.07, 6.45) is 3.36. The van der Waals surface area contributed by atoms with Gasteiger partial charge in [0.15, 0.2) is 0 Å². The summed E-state index contributed by atoms with van der Waals surface area (Å²) in [7, 11) is 0. The molecule has 0 radical (unpaired) electrons. The van der Waals surface area contributed by atoms with E-state index >= 15 is 0 Å². The zero-order chi connectivity index (χ0) is 12.4. The van der Waals surface area contributed by atoms with Crippen LogP contribution in [0.25, 0.3) is 0 Å². The lowest BCUT2D eigenvalue weighted by Crippen LogP contribution is -2.47. The van der Waals surface area contributed by atoms with Crippen molar-refractivity contribution in [3.63, 3.8) is 0 Å². The Kier molecular flexibility index (Phi) is 3.26. The molecule has 2 heterocycles. The predicted octanol–water partition coefficient (Wildman–Crippen LogP) is 1.47. The number of carbonyl (C=O) groups is 1. The Hall–Kier alpha value is -1.65. The molecule has 2 unspecified atom stereocenters. The maximum atomic E-state index is 11.3. The zero-order valence-electron chi connectivity index (χ0n) is 10.1. The van der Waals surface area contributed by atoms with Gasteiger partial charge in [0.25, 0.3) is 0 Å². The van der Waals surface area contributed by atoms with Crippen LogP contribution >= 0.6 is 0 Å². The summed E-state index contributed by atoms with van der Waals surface area (Å²) >= 11 is 0. The molecular formula is C12H17N3O2. The molecule has 5 nitrogen and oxygen atoms in total. The molecule has 0 saturated carbocycles. The third-order valence-corrected chi connectivity index (χ3v) is 3.21.